The van der Waals surface area contributed by atoms with Crippen molar-refractivity contribution in [3.63, 3.8) is 0 Å². The summed E-state index contributed by atoms with van der Waals surface area (Å²) in [5.41, 5.74) is 0.895. The van der Waals surface area contributed by atoms with Gasteiger partial charge in [0.05, 0.1) is 6.54 Å². The van der Waals surface area contributed by atoms with Gasteiger partial charge < -0.3 is 19.3 Å². The molecule has 0 fully saturated rings. The maximum Gasteiger partial charge on any atom is 0.330 e. The highest BCUT2D eigenvalue weighted by Crippen LogP contribution is 2.19. The normalized spacial score (nSPS) is 10.6. The van der Waals surface area contributed by atoms with Crippen LogP contribution in [-0.2, 0) is 6.54 Å². The van der Waals surface area contributed by atoms with Crippen molar-refractivity contribution < 1.29 is 9.47 Å². The second kappa shape index (κ2) is 9.21. The maximum absolute atomic E-state index is 12.1. The number of nitrogens with zero attached hydrogens (tertiary/aromatic N) is 7. The smallest absolute Gasteiger partial charge is 0.330 e. The van der Waals surface area contributed by atoms with Crippen LogP contribution in [-0.4, -0.2) is 59.5 Å². The number of benzene rings is 1. The SMILES string of the molecule is Cc1ccc(OCCn2nc(Oc3nc(N(C)C)nc(N(C)C)n3)ccc2=O)cc1. The Hall–Kier alpha value is -3.69. The molecule has 0 atom stereocenters. The van der Waals surface area contributed by atoms with Crippen LogP contribution < -0.4 is 24.8 Å². The number of aryl methyl sites for hydroxylation is 1. The van der Waals surface area contributed by atoms with Crippen LogP contribution in [0.2, 0.25) is 0 Å². The van der Waals surface area contributed by atoms with Crippen LogP contribution in [0.15, 0.2) is 41.2 Å². The highest BCUT2D eigenvalue weighted by atomic mass is 16.5. The largest absolute Gasteiger partial charge is 0.492 e. The zero-order valence-corrected chi connectivity index (χ0v) is 17.7. The summed E-state index contributed by atoms with van der Waals surface area (Å²) in [6, 6.07) is 10.7. The van der Waals surface area contributed by atoms with Gasteiger partial charge in [0.25, 0.3) is 5.56 Å². The number of anilines is 2. The monoisotopic (exact) mass is 411 g/mol. The van der Waals surface area contributed by atoms with Crippen LogP contribution in [0.25, 0.3) is 0 Å². The van der Waals surface area contributed by atoms with E-state index < -0.39 is 0 Å². The first kappa shape index (κ1) is 21.0. The predicted molar refractivity (Wildman–Crippen MR) is 114 cm³/mol. The third kappa shape index (κ3) is 5.43. The van der Waals surface area contributed by atoms with Gasteiger partial charge in [-0.25, -0.2) is 4.68 Å². The van der Waals surface area contributed by atoms with Crippen molar-refractivity contribution in [1.29, 1.82) is 0 Å². The standard InChI is InChI=1S/C20H25N7O3/c1-14-6-8-15(9-7-14)29-13-12-27-17(28)11-10-16(24-27)30-20-22-18(25(2)3)21-19(23-20)26(4)5/h6-11H,12-13H2,1-5H3. The lowest BCUT2D eigenvalue weighted by atomic mass is 10.2. The Kier molecular flexibility index (Phi) is 6.45. The average molecular weight is 411 g/mol. The van der Waals surface area contributed by atoms with E-state index in [2.05, 4.69) is 20.1 Å². The minimum Gasteiger partial charge on any atom is -0.492 e. The van der Waals surface area contributed by atoms with E-state index in [1.807, 2.05) is 59.4 Å². The van der Waals surface area contributed by atoms with Crippen molar-refractivity contribution in [2.75, 3.05) is 44.6 Å². The molecule has 10 heteroatoms. The topological polar surface area (TPSA) is 98.5 Å². The van der Waals surface area contributed by atoms with E-state index in [0.29, 0.717) is 18.5 Å². The molecule has 30 heavy (non-hydrogen) atoms. The van der Waals surface area contributed by atoms with E-state index in [1.165, 1.54) is 16.8 Å². The fraction of sp³-hybridized carbons (Fsp3) is 0.350. The first-order valence-electron chi connectivity index (χ1n) is 9.38. The number of hydrogen-bond donors (Lipinski definition) is 0. The van der Waals surface area contributed by atoms with Crippen LogP contribution in [0.5, 0.6) is 17.6 Å². The number of ether oxygens (including phenoxy) is 2. The van der Waals surface area contributed by atoms with Crippen LogP contribution in [0.4, 0.5) is 11.9 Å². The molecule has 0 saturated carbocycles. The van der Waals surface area contributed by atoms with Gasteiger partial charge in [0.2, 0.25) is 17.8 Å². The summed E-state index contributed by atoms with van der Waals surface area (Å²) in [7, 11) is 7.30. The van der Waals surface area contributed by atoms with Gasteiger partial charge in [-0.05, 0) is 19.1 Å². The van der Waals surface area contributed by atoms with Crippen molar-refractivity contribution in [3.05, 3.63) is 52.3 Å². The second-order valence-electron chi connectivity index (χ2n) is 7.00. The second-order valence-corrected chi connectivity index (χ2v) is 7.00. The number of aromatic nitrogens is 5. The Morgan fingerprint density at radius 3 is 2.13 bits per heavy atom. The highest BCUT2D eigenvalue weighted by molar-refractivity contribution is 5.38. The first-order chi connectivity index (χ1) is 14.3. The molecule has 0 radical (unpaired) electrons. The van der Waals surface area contributed by atoms with Crippen molar-refractivity contribution in [3.8, 4) is 17.6 Å². The quantitative estimate of drug-likeness (QED) is 0.549. The summed E-state index contributed by atoms with van der Waals surface area (Å²) in [4.78, 5) is 28.5. The van der Waals surface area contributed by atoms with Crippen LogP contribution >= 0.6 is 0 Å². The Bertz CT molecular complexity index is 1020. The molecule has 0 spiro atoms. The summed E-state index contributed by atoms with van der Waals surface area (Å²) in [6.45, 7) is 2.57. The molecule has 0 N–H and O–H groups in total. The Labute approximate surface area is 174 Å². The minimum atomic E-state index is -0.256. The van der Waals surface area contributed by atoms with Crippen molar-refractivity contribution in [2.24, 2.45) is 0 Å². The fourth-order valence-electron chi connectivity index (χ4n) is 2.40. The molecule has 10 nitrogen and oxygen atoms in total. The molecular formula is C20H25N7O3. The number of rotatable bonds is 8. The van der Waals surface area contributed by atoms with E-state index in [9.17, 15) is 4.79 Å². The van der Waals surface area contributed by atoms with Crippen molar-refractivity contribution >= 4 is 11.9 Å². The summed E-state index contributed by atoms with van der Waals surface area (Å²) in [5.74, 6) is 1.83. The van der Waals surface area contributed by atoms with E-state index in [0.717, 1.165) is 11.3 Å². The van der Waals surface area contributed by atoms with Gasteiger partial charge in [-0.2, -0.15) is 15.0 Å². The van der Waals surface area contributed by atoms with E-state index in [1.54, 1.807) is 9.80 Å². The Balaban J connectivity index is 1.73. The molecule has 0 unspecified atom stereocenters. The minimum absolute atomic E-state index is 0.0889. The Morgan fingerprint density at radius 2 is 1.53 bits per heavy atom. The van der Waals surface area contributed by atoms with Gasteiger partial charge in [0, 0.05) is 40.3 Å². The van der Waals surface area contributed by atoms with Crippen LogP contribution in [0.1, 0.15) is 5.56 Å². The van der Waals surface area contributed by atoms with Crippen molar-refractivity contribution in [2.45, 2.75) is 13.5 Å². The van der Waals surface area contributed by atoms with Crippen LogP contribution in [0.3, 0.4) is 0 Å². The molecule has 0 aliphatic rings. The van der Waals surface area contributed by atoms with Gasteiger partial charge in [-0.1, -0.05) is 17.7 Å². The molecule has 0 aliphatic carbocycles. The third-order valence-corrected chi connectivity index (χ3v) is 4.02. The summed E-state index contributed by atoms with van der Waals surface area (Å²) >= 11 is 0. The summed E-state index contributed by atoms with van der Waals surface area (Å²) in [5, 5.41) is 4.24. The maximum atomic E-state index is 12.1. The summed E-state index contributed by atoms with van der Waals surface area (Å²) in [6.07, 6.45) is 0. The van der Waals surface area contributed by atoms with E-state index in [-0.39, 0.29) is 24.0 Å². The average Bonchev–Trinajstić information content (AvgIpc) is 2.71. The van der Waals surface area contributed by atoms with Gasteiger partial charge in [0.15, 0.2) is 0 Å². The third-order valence-electron chi connectivity index (χ3n) is 4.02. The van der Waals surface area contributed by atoms with E-state index >= 15 is 0 Å². The molecule has 158 valence electrons. The molecule has 3 aromatic rings. The van der Waals surface area contributed by atoms with Gasteiger partial charge >= 0.3 is 6.01 Å². The Morgan fingerprint density at radius 1 is 0.900 bits per heavy atom. The summed E-state index contributed by atoms with van der Waals surface area (Å²) < 4.78 is 12.7. The lowest BCUT2D eigenvalue weighted by molar-refractivity contribution is 0.283. The fourth-order valence-corrected chi connectivity index (χ4v) is 2.40. The van der Waals surface area contributed by atoms with Crippen LogP contribution in [0, 0.1) is 6.92 Å². The molecule has 0 amide bonds. The van der Waals surface area contributed by atoms with Gasteiger partial charge in [-0.15, -0.1) is 5.10 Å². The molecule has 1 aromatic carbocycles. The lowest BCUT2D eigenvalue weighted by Gasteiger charge is -2.16. The molecule has 2 aromatic heterocycles. The molecule has 2 heterocycles. The van der Waals surface area contributed by atoms with Gasteiger partial charge in [0.1, 0.15) is 12.4 Å². The van der Waals surface area contributed by atoms with Gasteiger partial charge in [-0.3, -0.25) is 4.79 Å². The molecular weight excluding hydrogens is 386 g/mol. The first-order valence-corrected chi connectivity index (χ1v) is 9.38. The molecule has 0 saturated heterocycles. The van der Waals surface area contributed by atoms with Crippen molar-refractivity contribution in [1.82, 2.24) is 24.7 Å². The zero-order chi connectivity index (χ0) is 21.7. The lowest BCUT2D eigenvalue weighted by Crippen LogP contribution is -2.25. The number of hydrogen-bond acceptors (Lipinski definition) is 9. The molecule has 3 rings (SSSR count). The zero-order valence-electron chi connectivity index (χ0n) is 17.7. The predicted octanol–water partition coefficient (Wildman–Crippen LogP) is 1.74. The molecule has 0 aliphatic heterocycles. The van der Waals surface area contributed by atoms with E-state index in [4.69, 9.17) is 9.47 Å². The molecule has 0 bridgehead atoms. The highest BCUT2D eigenvalue weighted by Gasteiger charge is 2.12.